The van der Waals surface area contributed by atoms with Crippen LogP contribution in [0.4, 0.5) is 0 Å². The number of halogens is 1. The van der Waals surface area contributed by atoms with E-state index in [0.717, 1.165) is 42.8 Å². The molecule has 33 heavy (non-hydrogen) atoms. The van der Waals surface area contributed by atoms with Crippen molar-refractivity contribution in [3.05, 3.63) is 53.8 Å². The Labute approximate surface area is 195 Å². The molecule has 0 saturated heterocycles. The molecular weight excluding hydrogens is 440 g/mol. The van der Waals surface area contributed by atoms with E-state index in [1.165, 1.54) is 6.20 Å². The number of hydrogen-bond acceptors (Lipinski definition) is 5. The maximum atomic E-state index is 12.2. The minimum atomic E-state index is -0.671. The molecule has 4 aromatic heterocycles. The molecule has 0 radical (unpaired) electrons. The maximum Gasteiger partial charge on any atom is 0.307 e. The van der Waals surface area contributed by atoms with E-state index >= 15 is 0 Å². The van der Waals surface area contributed by atoms with Gasteiger partial charge >= 0.3 is 5.97 Å². The van der Waals surface area contributed by atoms with Crippen molar-refractivity contribution in [3.63, 3.8) is 0 Å². The Morgan fingerprint density at radius 1 is 1.12 bits per heavy atom. The Kier molecular flexibility index (Phi) is 4.90. The second-order valence-electron chi connectivity index (χ2n) is 9.13. The molecule has 3 aliphatic carbocycles. The first-order valence-electron chi connectivity index (χ1n) is 11.3. The molecule has 8 nitrogen and oxygen atoms in total. The lowest BCUT2D eigenvalue weighted by atomic mass is 9.57. The van der Waals surface area contributed by atoms with Crippen molar-refractivity contribution in [1.29, 1.82) is 0 Å². The number of aromatic nitrogens is 6. The summed E-state index contributed by atoms with van der Waals surface area (Å²) in [5, 5.41) is 10.3. The molecule has 0 aromatic carbocycles. The molecular formula is C24H23ClN6O2. The van der Waals surface area contributed by atoms with Gasteiger partial charge in [0.2, 0.25) is 0 Å². The van der Waals surface area contributed by atoms with E-state index in [1.54, 1.807) is 6.20 Å². The predicted octanol–water partition coefficient (Wildman–Crippen LogP) is 4.54. The van der Waals surface area contributed by atoms with E-state index < -0.39 is 5.97 Å². The minimum Gasteiger partial charge on any atom is -0.481 e. The van der Waals surface area contributed by atoms with Crippen molar-refractivity contribution in [2.45, 2.75) is 32.1 Å². The zero-order valence-electron chi connectivity index (χ0n) is 17.9. The van der Waals surface area contributed by atoms with Crippen molar-refractivity contribution in [2.24, 2.45) is 23.7 Å². The monoisotopic (exact) mass is 462 g/mol. The zero-order valence-corrected chi connectivity index (χ0v) is 18.6. The average Bonchev–Trinajstić information content (AvgIpc) is 3.49. The lowest BCUT2D eigenvalue weighted by Gasteiger charge is -2.46. The highest BCUT2D eigenvalue weighted by molar-refractivity contribution is 6.29. The maximum absolute atomic E-state index is 12.2. The summed E-state index contributed by atoms with van der Waals surface area (Å²) in [6, 6.07) is 5.86. The second-order valence-corrected chi connectivity index (χ2v) is 9.52. The van der Waals surface area contributed by atoms with Gasteiger partial charge in [-0.2, -0.15) is 0 Å². The molecule has 2 N–H and O–H groups in total. The number of carbonyl (C=O) groups is 1. The van der Waals surface area contributed by atoms with Crippen LogP contribution in [-0.2, 0) is 11.2 Å². The zero-order chi connectivity index (χ0) is 22.5. The average molecular weight is 463 g/mol. The number of fused-ring (bicyclic) bond motifs is 4. The van der Waals surface area contributed by atoms with E-state index in [9.17, 15) is 9.90 Å². The van der Waals surface area contributed by atoms with Gasteiger partial charge in [0.15, 0.2) is 11.5 Å². The number of carboxylic acids is 1. The van der Waals surface area contributed by atoms with Crippen LogP contribution in [-0.4, -0.2) is 40.6 Å². The number of nitrogens with zero attached hydrogens (tertiary/aromatic N) is 5. The largest absolute Gasteiger partial charge is 0.481 e. The van der Waals surface area contributed by atoms with Crippen LogP contribution in [0.5, 0.6) is 0 Å². The highest BCUT2D eigenvalue weighted by atomic mass is 35.5. The minimum absolute atomic E-state index is 0.0902. The fourth-order valence-corrected chi connectivity index (χ4v) is 6.00. The molecule has 3 saturated carbocycles. The molecule has 4 heterocycles. The van der Waals surface area contributed by atoms with Crippen LogP contribution in [0.25, 0.3) is 28.4 Å². The summed E-state index contributed by atoms with van der Waals surface area (Å²) < 4.78 is 1.93. The van der Waals surface area contributed by atoms with Crippen molar-refractivity contribution in [3.8, 4) is 17.2 Å². The number of rotatable bonds is 5. The summed E-state index contributed by atoms with van der Waals surface area (Å²) >= 11 is 6.10. The van der Waals surface area contributed by atoms with Gasteiger partial charge in [-0.25, -0.2) is 19.9 Å². The number of nitrogens with one attached hydrogen (secondary N) is 1. The van der Waals surface area contributed by atoms with Crippen LogP contribution < -0.4 is 0 Å². The van der Waals surface area contributed by atoms with Crippen LogP contribution in [0.1, 0.15) is 31.4 Å². The standard InChI is InChI=1S/C24H23ClN6O2/c25-18-12-27-23-21(29-18)17(11-26-23)22-28-15(10-19(30-22)31-7-1-2-8-31)9-16-13-3-5-14(6-4-13)20(16)24(32)33/h1-2,7-8,10-14,16,20H,3-6,9H2,(H,26,27)(H,32,33)/t13?,14?,16-,20-/m0/s1. The number of aromatic amines is 1. The Bertz CT molecular complexity index is 1330. The van der Waals surface area contributed by atoms with Crippen LogP contribution in [0.15, 0.2) is 43.0 Å². The van der Waals surface area contributed by atoms with E-state index in [4.69, 9.17) is 21.6 Å². The molecule has 0 spiro atoms. The third-order valence-electron chi connectivity index (χ3n) is 7.35. The van der Waals surface area contributed by atoms with Crippen molar-refractivity contribution in [1.82, 2.24) is 29.5 Å². The van der Waals surface area contributed by atoms with Gasteiger partial charge in [-0.15, -0.1) is 0 Å². The molecule has 9 heteroatoms. The first kappa shape index (κ1) is 20.4. The summed E-state index contributed by atoms with van der Waals surface area (Å²) in [6.07, 6.45) is 12.0. The van der Waals surface area contributed by atoms with Crippen molar-refractivity contribution < 1.29 is 9.90 Å². The summed E-state index contributed by atoms with van der Waals surface area (Å²) in [5.41, 5.74) is 2.78. The molecule has 3 fully saturated rings. The fourth-order valence-electron chi connectivity index (χ4n) is 5.86. The number of H-pyrrole nitrogens is 1. The molecule has 168 valence electrons. The summed E-state index contributed by atoms with van der Waals surface area (Å²) in [5.74, 6) is 1.08. The number of hydrogen-bond donors (Lipinski definition) is 2. The molecule has 2 bridgehead atoms. The first-order valence-corrected chi connectivity index (χ1v) is 11.7. The topological polar surface area (TPSA) is 110 Å². The van der Waals surface area contributed by atoms with Gasteiger partial charge in [0.05, 0.1) is 17.7 Å². The Hall–Kier alpha value is -3.26. The summed E-state index contributed by atoms with van der Waals surface area (Å²) in [4.78, 5) is 33.7. The quantitative estimate of drug-likeness (QED) is 0.450. The van der Waals surface area contributed by atoms with E-state index in [2.05, 4.69) is 15.0 Å². The van der Waals surface area contributed by atoms with Gasteiger partial charge in [-0.1, -0.05) is 11.6 Å². The summed E-state index contributed by atoms with van der Waals surface area (Å²) in [6.45, 7) is 0. The van der Waals surface area contributed by atoms with Gasteiger partial charge in [0.25, 0.3) is 0 Å². The molecule has 7 rings (SSSR count). The number of aliphatic carboxylic acids is 1. The highest BCUT2D eigenvalue weighted by Gasteiger charge is 2.47. The van der Waals surface area contributed by atoms with Gasteiger partial charge in [0, 0.05) is 30.4 Å². The smallest absolute Gasteiger partial charge is 0.307 e. The summed E-state index contributed by atoms with van der Waals surface area (Å²) in [7, 11) is 0. The molecule has 3 aliphatic rings. The van der Waals surface area contributed by atoms with Crippen LogP contribution in [0.2, 0.25) is 5.15 Å². The van der Waals surface area contributed by atoms with Gasteiger partial charge in [-0.05, 0) is 62.0 Å². The molecule has 0 aliphatic heterocycles. The van der Waals surface area contributed by atoms with E-state index in [1.807, 2.05) is 35.2 Å². The normalized spacial score (nSPS) is 24.4. The fraction of sp³-hybridized carbons (Fsp3) is 0.375. The number of carboxylic acid groups (broad SMARTS) is 1. The second kappa shape index (κ2) is 7.95. The molecule has 0 unspecified atom stereocenters. The van der Waals surface area contributed by atoms with E-state index in [0.29, 0.717) is 34.5 Å². The van der Waals surface area contributed by atoms with Gasteiger partial charge in [-0.3, -0.25) is 4.79 Å². The lowest BCUT2D eigenvalue weighted by molar-refractivity contribution is -0.152. The van der Waals surface area contributed by atoms with Gasteiger partial charge < -0.3 is 14.7 Å². The molecule has 4 aromatic rings. The SMILES string of the molecule is O=C(O)[C@H]1C2CCC(CC2)[C@@H]1Cc1cc(-n2cccc2)nc(-c2c[nH]c3ncc(Cl)nc23)n1. The Balaban J connectivity index is 1.45. The third-order valence-corrected chi connectivity index (χ3v) is 7.53. The van der Waals surface area contributed by atoms with Crippen molar-refractivity contribution in [2.75, 3.05) is 0 Å². The Morgan fingerprint density at radius 2 is 1.88 bits per heavy atom. The van der Waals surface area contributed by atoms with Crippen LogP contribution >= 0.6 is 11.6 Å². The van der Waals surface area contributed by atoms with Crippen molar-refractivity contribution >= 4 is 28.7 Å². The molecule has 0 amide bonds. The first-order chi connectivity index (χ1) is 16.1. The highest BCUT2D eigenvalue weighted by Crippen LogP contribution is 2.50. The Morgan fingerprint density at radius 3 is 2.64 bits per heavy atom. The third kappa shape index (κ3) is 3.58. The molecule has 2 atom stereocenters. The van der Waals surface area contributed by atoms with E-state index in [-0.39, 0.29) is 17.8 Å². The van der Waals surface area contributed by atoms with Crippen LogP contribution in [0, 0.1) is 23.7 Å². The van der Waals surface area contributed by atoms with Crippen LogP contribution in [0.3, 0.4) is 0 Å². The lowest BCUT2D eigenvalue weighted by Crippen LogP contribution is -2.45. The van der Waals surface area contributed by atoms with Gasteiger partial charge in [0.1, 0.15) is 16.5 Å². The predicted molar refractivity (Wildman–Crippen MR) is 123 cm³/mol.